The van der Waals surface area contributed by atoms with Crippen molar-refractivity contribution in [3.8, 4) is 0 Å². The molecule has 20 heavy (non-hydrogen) atoms. The van der Waals surface area contributed by atoms with Crippen molar-refractivity contribution in [1.29, 1.82) is 0 Å². The molecule has 0 aliphatic carbocycles. The summed E-state index contributed by atoms with van der Waals surface area (Å²) in [7, 11) is 0. The summed E-state index contributed by atoms with van der Waals surface area (Å²) in [6.07, 6.45) is 0. The highest BCUT2D eigenvalue weighted by molar-refractivity contribution is 7.99. The van der Waals surface area contributed by atoms with Crippen LogP contribution >= 0.6 is 23.1 Å². The van der Waals surface area contributed by atoms with Crippen molar-refractivity contribution in [2.24, 2.45) is 0 Å². The Morgan fingerprint density at radius 3 is 2.70 bits per heavy atom. The first-order valence-electron chi connectivity index (χ1n) is 6.40. The van der Waals surface area contributed by atoms with Crippen molar-refractivity contribution in [1.82, 2.24) is 4.90 Å². The zero-order valence-electron chi connectivity index (χ0n) is 11.7. The quantitative estimate of drug-likeness (QED) is 0.880. The van der Waals surface area contributed by atoms with Crippen molar-refractivity contribution in [2.75, 3.05) is 23.4 Å². The molecule has 1 aliphatic heterocycles. The fraction of sp³-hybridized carbons (Fsp3) is 0.538. The first-order valence-corrected chi connectivity index (χ1v) is 8.37. The van der Waals surface area contributed by atoms with E-state index in [1.807, 2.05) is 25.6 Å². The number of hydrogen-bond acceptors (Lipinski definition) is 4. The number of hydrogen-bond donors (Lipinski definition) is 2. The Balaban J connectivity index is 2.19. The highest BCUT2D eigenvalue weighted by atomic mass is 32.2. The Morgan fingerprint density at radius 1 is 1.40 bits per heavy atom. The molecule has 2 N–H and O–H groups in total. The fourth-order valence-electron chi connectivity index (χ4n) is 2.17. The number of carbonyl (C=O) groups excluding carboxylic acids is 1. The second kappa shape index (κ2) is 6.05. The molecule has 2 amide bonds. The predicted molar refractivity (Wildman–Crippen MR) is 83.3 cm³/mol. The third-order valence-electron chi connectivity index (χ3n) is 3.45. The van der Waals surface area contributed by atoms with Crippen LogP contribution in [0.25, 0.3) is 0 Å². The van der Waals surface area contributed by atoms with Crippen LogP contribution in [-0.2, 0) is 0 Å². The summed E-state index contributed by atoms with van der Waals surface area (Å²) in [5.74, 6) is 0.845. The number of amides is 2. The summed E-state index contributed by atoms with van der Waals surface area (Å²) in [4.78, 5) is 26.3. The van der Waals surface area contributed by atoms with Gasteiger partial charge in [-0.1, -0.05) is 0 Å². The normalized spacial score (nSPS) is 18.9. The van der Waals surface area contributed by atoms with Gasteiger partial charge >= 0.3 is 12.0 Å². The van der Waals surface area contributed by atoms with E-state index in [0.717, 1.165) is 21.9 Å². The van der Waals surface area contributed by atoms with Gasteiger partial charge in [0.25, 0.3) is 0 Å². The summed E-state index contributed by atoms with van der Waals surface area (Å²) >= 11 is 3.15. The van der Waals surface area contributed by atoms with E-state index in [1.165, 1.54) is 11.3 Å². The highest BCUT2D eigenvalue weighted by Gasteiger charge is 2.26. The highest BCUT2D eigenvalue weighted by Crippen LogP contribution is 2.32. The van der Waals surface area contributed by atoms with Gasteiger partial charge in [0.2, 0.25) is 0 Å². The lowest BCUT2D eigenvalue weighted by molar-refractivity contribution is 0.0697. The zero-order valence-corrected chi connectivity index (χ0v) is 13.4. The topological polar surface area (TPSA) is 69.6 Å². The molecule has 0 saturated carbocycles. The van der Waals surface area contributed by atoms with E-state index in [0.29, 0.717) is 11.5 Å². The summed E-state index contributed by atoms with van der Waals surface area (Å²) in [5, 5.41) is 12.5. The third kappa shape index (κ3) is 2.93. The number of rotatable bonds is 2. The molecule has 0 spiro atoms. The lowest BCUT2D eigenvalue weighted by Crippen LogP contribution is -2.46. The lowest BCUT2D eigenvalue weighted by atomic mass is 10.1. The number of aromatic carboxylic acids is 1. The van der Waals surface area contributed by atoms with Gasteiger partial charge < -0.3 is 10.0 Å². The molecular formula is C13H18N2O3S2. The van der Waals surface area contributed by atoms with Crippen LogP contribution in [0.1, 0.15) is 27.7 Å². The Kier molecular flexibility index (Phi) is 4.59. The molecule has 0 aromatic carbocycles. The van der Waals surface area contributed by atoms with Crippen LogP contribution in [0.3, 0.4) is 0 Å². The average Bonchev–Trinajstić information content (AvgIpc) is 2.65. The number of carbonyl (C=O) groups is 2. The van der Waals surface area contributed by atoms with Crippen LogP contribution in [0.2, 0.25) is 0 Å². The molecule has 1 unspecified atom stereocenters. The van der Waals surface area contributed by atoms with Crippen molar-refractivity contribution in [2.45, 2.75) is 26.8 Å². The summed E-state index contributed by atoms with van der Waals surface area (Å²) in [5.41, 5.74) is 0.930. The molecule has 2 heterocycles. The Morgan fingerprint density at radius 2 is 2.10 bits per heavy atom. The molecule has 0 radical (unpaired) electrons. The second-order valence-corrected chi connectivity index (χ2v) is 7.21. The van der Waals surface area contributed by atoms with Gasteiger partial charge in [0.05, 0.1) is 5.56 Å². The first kappa shape index (κ1) is 15.2. The van der Waals surface area contributed by atoms with Gasteiger partial charge in [-0.15, -0.1) is 11.3 Å². The van der Waals surface area contributed by atoms with Crippen LogP contribution in [-0.4, -0.2) is 46.1 Å². The van der Waals surface area contributed by atoms with Gasteiger partial charge in [0.1, 0.15) is 5.00 Å². The van der Waals surface area contributed by atoms with Crippen molar-refractivity contribution >= 4 is 40.1 Å². The molecule has 110 valence electrons. The van der Waals surface area contributed by atoms with Crippen molar-refractivity contribution < 1.29 is 14.7 Å². The monoisotopic (exact) mass is 314 g/mol. The predicted octanol–water partition coefficient (Wildman–Crippen LogP) is 3.03. The molecule has 1 atom stereocenters. The summed E-state index contributed by atoms with van der Waals surface area (Å²) in [6, 6.07) is -0.0364. The molecule has 1 saturated heterocycles. The van der Waals surface area contributed by atoms with E-state index in [2.05, 4.69) is 5.32 Å². The maximum Gasteiger partial charge on any atom is 0.338 e. The van der Waals surface area contributed by atoms with E-state index >= 15 is 0 Å². The number of anilines is 1. The molecule has 5 nitrogen and oxygen atoms in total. The molecule has 1 aliphatic rings. The van der Waals surface area contributed by atoms with E-state index in [9.17, 15) is 14.7 Å². The molecule has 0 bridgehead atoms. The SMILES string of the molecule is Cc1sc(NC(=O)N2CCSCC2C)c(C(=O)O)c1C. The van der Waals surface area contributed by atoms with Gasteiger partial charge in [-0.25, -0.2) is 9.59 Å². The standard InChI is InChI=1S/C13H18N2O3S2/c1-7-6-19-5-4-15(7)13(18)14-11-10(12(16)17)8(2)9(3)20-11/h7H,4-6H2,1-3H3,(H,14,18)(H,16,17). The van der Waals surface area contributed by atoms with Crippen molar-refractivity contribution in [3.05, 3.63) is 16.0 Å². The average molecular weight is 314 g/mol. The van der Waals surface area contributed by atoms with Crippen LogP contribution in [0.15, 0.2) is 0 Å². The van der Waals surface area contributed by atoms with Gasteiger partial charge in [0, 0.05) is 29.0 Å². The third-order valence-corrected chi connectivity index (χ3v) is 5.76. The number of nitrogens with zero attached hydrogens (tertiary/aromatic N) is 1. The number of aryl methyl sites for hydroxylation is 1. The maximum absolute atomic E-state index is 12.3. The minimum atomic E-state index is -0.996. The Hall–Kier alpha value is -1.21. The molecule has 1 aromatic rings. The Labute approximate surface area is 126 Å². The van der Waals surface area contributed by atoms with Gasteiger partial charge in [-0.05, 0) is 26.3 Å². The fourth-order valence-corrected chi connectivity index (χ4v) is 4.23. The van der Waals surface area contributed by atoms with E-state index in [1.54, 1.807) is 11.8 Å². The summed E-state index contributed by atoms with van der Waals surface area (Å²) in [6.45, 7) is 6.34. The number of carboxylic acids is 1. The smallest absolute Gasteiger partial charge is 0.338 e. The maximum atomic E-state index is 12.3. The van der Waals surface area contributed by atoms with E-state index in [-0.39, 0.29) is 17.6 Å². The van der Waals surface area contributed by atoms with Crippen LogP contribution in [0, 0.1) is 13.8 Å². The van der Waals surface area contributed by atoms with Crippen molar-refractivity contribution in [3.63, 3.8) is 0 Å². The molecular weight excluding hydrogens is 296 g/mol. The molecule has 1 fully saturated rings. The van der Waals surface area contributed by atoms with Gasteiger partial charge in [-0.2, -0.15) is 11.8 Å². The number of carboxylic acid groups (broad SMARTS) is 1. The van der Waals surface area contributed by atoms with E-state index < -0.39 is 5.97 Å². The van der Waals surface area contributed by atoms with Crippen LogP contribution in [0.4, 0.5) is 9.80 Å². The molecule has 7 heteroatoms. The van der Waals surface area contributed by atoms with Gasteiger partial charge in [-0.3, -0.25) is 5.32 Å². The van der Waals surface area contributed by atoms with Crippen LogP contribution in [0.5, 0.6) is 0 Å². The number of thioether (sulfide) groups is 1. The molecule has 1 aromatic heterocycles. The van der Waals surface area contributed by atoms with Crippen LogP contribution < -0.4 is 5.32 Å². The Bertz CT molecular complexity index is 542. The van der Waals surface area contributed by atoms with Gasteiger partial charge in [0.15, 0.2) is 0 Å². The minimum Gasteiger partial charge on any atom is -0.478 e. The zero-order chi connectivity index (χ0) is 14.9. The summed E-state index contributed by atoms with van der Waals surface area (Å²) < 4.78 is 0. The number of thiophene rings is 1. The first-order chi connectivity index (χ1) is 9.41. The van der Waals surface area contributed by atoms with E-state index in [4.69, 9.17) is 0 Å². The number of nitrogens with one attached hydrogen (secondary N) is 1. The largest absolute Gasteiger partial charge is 0.478 e. The minimum absolute atomic E-state index is 0.171. The number of urea groups is 1. The lowest BCUT2D eigenvalue weighted by Gasteiger charge is -2.32. The molecule has 2 rings (SSSR count). The second-order valence-electron chi connectivity index (χ2n) is 4.84.